The number of aromatic nitrogens is 2. The summed E-state index contributed by atoms with van der Waals surface area (Å²) in [6.45, 7) is 2.68. The van der Waals surface area contributed by atoms with E-state index >= 15 is 0 Å². The maximum atomic E-state index is 12.5. The largest absolute Gasteiger partial charge is 0.411 e. The molecule has 0 radical (unpaired) electrons. The number of benzene rings is 1. The highest BCUT2D eigenvalue weighted by atomic mass is 32.2. The second-order valence-electron chi connectivity index (χ2n) is 7.00. The van der Waals surface area contributed by atoms with Gasteiger partial charge in [-0.1, -0.05) is 30.0 Å². The predicted octanol–water partition coefficient (Wildman–Crippen LogP) is 1.16. The van der Waals surface area contributed by atoms with Crippen LogP contribution < -0.4 is 0 Å². The number of rotatable bonds is 5. The first kappa shape index (κ1) is 19.4. The van der Waals surface area contributed by atoms with Crippen molar-refractivity contribution >= 4 is 27.5 Å². The van der Waals surface area contributed by atoms with Crippen molar-refractivity contribution in [1.82, 2.24) is 20.0 Å². The lowest BCUT2D eigenvalue weighted by atomic mass is 10.2. The molecule has 1 amide bonds. The van der Waals surface area contributed by atoms with Crippen molar-refractivity contribution in [2.24, 2.45) is 0 Å². The van der Waals surface area contributed by atoms with E-state index < -0.39 is 9.84 Å². The van der Waals surface area contributed by atoms with E-state index in [1.165, 1.54) is 11.8 Å². The molecule has 150 valence electrons. The van der Waals surface area contributed by atoms with Crippen LogP contribution in [0.15, 0.2) is 40.0 Å². The quantitative estimate of drug-likeness (QED) is 0.663. The number of carbonyl (C=O) groups is 1. The molecule has 0 bridgehead atoms. The zero-order valence-corrected chi connectivity index (χ0v) is 17.0. The second kappa shape index (κ2) is 8.22. The maximum absolute atomic E-state index is 12.5. The summed E-state index contributed by atoms with van der Waals surface area (Å²) in [7, 11) is -2.88. The Morgan fingerprint density at radius 3 is 2.57 bits per heavy atom. The average Bonchev–Trinajstić information content (AvgIpc) is 3.33. The van der Waals surface area contributed by atoms with Crippen molar-refractivity contribution in [3.63, 3.8) is 0 Å². The van der Waals surface area contributed by atoms with Gasteiger partial charge in [-0.05, 0) is 18.6 Å². The lowest BCUT2D eigenvalue weighted by Crippen LogP contribution is -2.52. The van der Waals surface area contributed by atoms with Gasteiger partial charge in [-0.15, -0.1) is 10.2 Å². The van der Waals surface area contributed by atoms with Crippen molar-refractivity contribution in [3.8, 4) is 11.5 Å². The summed E-state index contributed by atoms with van der Waals surface area (Å²) < 4.78 is 28.9. The van der Waals surface area contributed by atoms with Crippen LogP contribution in [-0.4, -0.2) is 83.8 Å². The summed E-state index contributed by atoms with van der Waals surface area (Å²) in [5.74, 6) is 1.24. The van der Waals surface area contributed by atoms with Gasteiger partial charge in [0.05, 0.1) is 17.3 Å². The molecule has 1 atom stereocenters. The SMILES string of the molecule is O=C(CSc1nnc(-c2ccccc2)o1)N1CCN(C2CCS(=O)(=O)C2)CC1. The second-order valence-corrected chi connectivity index (χ2v) is 10.2. The van der Waals surface area contributed by atoms with Gasteiger partial charge in [-0.3, -0.25) is 9.69 Å². The van der Waals surface area contributed by atoms with Gasteiger partial charge in [0.2, 0.25) is 11.8 Å². The van der Waals surface area contributed by atoms with Crippen molar-refractivity contribution in [3.05, 3.63) is 30.3 Å². The molecule has 0 N–H and O–H groups in total. The van der Waals surface area contributed by atoms with Crippen LogP contribution in [0.25, 0.3) is 11.5 Å². The van der Waals surface area contributed by atoms with Crippen LogP contribution in [0.4, 0.5) is 0 Å². The smallest absolute Gasteiger partial charge is 0.277 e. The van der Waals surface area contributed by atoms with E-state index in [0.717, 1.165) is 18.7 Å². The van der Waals surface area contributed by atoms with E-state index in [9.17, 15) is 13.2 Å². The molecule has 0 aliphatic carbocycles. The van der Waals surface area contributed by atoms with Gasteiger partial charge >= 0.3 is 0 Å². The zero-order chi connectivity index (χ0) is 19.6. The molecule has 2 saturated heterocycles. The molecule has 2 aliphatic rings. The van der Waals surface area contributed by atoms with E-state index in [2.05, 4.69) is 15.1 Å². The van der Waals surface area contributed by atoms with Crippen molar-refractivity contribution in [1.29, 1.82) is 0 Å². The van der Waals surface area contributed by atoms with Crippen LogP contribution in [-0.2, 0) is 14.6 Å². The van der Waals surface area contributed by atoms with Gasteiger partial charge < -0.3 is 9.32 Å². The Morgan fingerprint density at radius 2 is 1.89 bits per heavy atom. The minimum absolute atomic E-state index is 0.0307. The predicted molar refractivity (Wildman–Crippen MR) is 106 cm³/mol. The molecular weight excluding hydrogens is 400 g/mol. The fourth-order valence-electron chi connectivity index (χ4n) is 3.58. The summed E-state index contributed by atoms with van der Waals surface area (Å²) in [5, 5.41) is 8.40. The monoisotopic (exact) mass is 422 g/mol. The molecule has 2 aliphatic heterocycles. The fraction of sp³-hybridized carbons (Fsp3) is 0.500. The van der Waals surface area contributed by atoms with Crippen LogP contribution in [0.5, 0.6) is 0 Å². The number of hydrogen-bond acceptors (Lipinski definition) is 8. The molecule has 8 nitrogen and oxygen atoms in total. The van der Waals surface area contributed by atoms with Crippen LogP contribution >= 0.6 is 11.8 Å². The number of amides is 1. The molecule has 4 rings (SSSR count). The molecule has 0 spiro atoms. The molecule has 0 saturated carbocycles. The van der Waals surface area contributed by atoms with E-state index in [-0.39, 0.29) is 29.2 Å². The normalized spacial score (nSPS) is 22.4. The number of piperazine rings is 1. The van der Waals surface area contributed by atoms with E-state index in [0.29, 0.717) is 30.6 Å². The Kier molecular flexibility index (Phi) is 5.70. The number of thioether (sulfide) groups is 1. The van der Waals surface area contributed by atoms with Gasteiger partial charge in [0.1, 0.15) is 0 Å². The topological polar surface area (TPSA) is 96.6 Å². The third kappa shape index (κ3) is 4.56. The molecule has 1 aromatic carbocycles. The number of sulfone groups is 1. The third-order valence-corrected chi connectivity index (χ3v) is 7.69. The highest BCUT2D eigenvalue weighted by molar-refractivity contribution is 7.99. The summed E-state index contributed by atoms with van der Waals surface area (Å²) in [4.78, 5) is 16.5. The summed E-state index contributed by atoms with van der Waals surface area (Å²) in [5.41, 5.74) is 0.846. The van der Waals surface area contributed by atoms with E-state index in [4.69, 9.17) is 4.42 Å². The lowest BCUT2D eigenvalue weighted by molar-refractivity contribution is -0.130. The number of nitrogens with zero attached hydrogens (tertiary/aromatic N) is 4. The standard InChI is InChI=1S/C18H22N4O4S2/c23-16(12-27-18-20-19-17(26-18)14-4-2-1-3-5-14)22-9-7-21(8-10-22)15-6-11-28(24,25)13-15/h1-5,15H,6-13H2. The molecule has 1 unspecified atom stereocenters. The van der Waals surface area contributed by atoms with Crippen LogP contribution in [0, 0.1) is 0 Å². The molecule has 10 heteroatoms. The molecule has 28 heavy (non-hydrogen) atoms. The number of carbonyl (C=O) groups excluding carboxylic acids is 1. The highest BCUT2D eigenvalue weighted by Gasteiger charge is 2.34. The van der Waals surface area contributed by atoms with Gasteiger partial charge in [-0.2, -0.15) is 0 Å². The Bertz CT molecular complexity index is 924. The minimum atomic E-state index is -2.88. The Balaban J connectivity index is 1.25. The average molecular weight is 423 g/mol. The highest BCUT2D eigenvalue weighted by Crippen LogP contribution is 2.24. The van der Waals surface area contributed by atoms with Gasteiger partial charge in [0, 0.05) is 37.8 Å². The van der Waals surface area contributed by atoms with Gasteiger partial charge in [0.15, 0.2) is 9.84 Å². The first-order valence-electron chi connectivity index (χ1n) is 9.24. The first-order valence-corrected chi connectivity index (χ1v) is 12.0. The minimum Gasteiger partial charge on any atom is -0.411 e. The Labute approximate surface area is 168 Å². The molecule has 1 aromatic heterocycles. The van der Waals surface area contributed by atoms with Crippen LogP contribution in [0.3, 0.4) is 0 Å². The molecule has 2 aromatic rings. The fourth-order valence-corrected chi connectivity index (χ4v) is 6.01. The molecular formula is C18H22N4O4S2. The van der Waals surface area contributed by atoms with Gasteiger partial charge in [0.25, 0.3) is 5.22 Å². The van der Waals surface area contributed by atoms with Crippen LogP contribution in [0.2, 0.25) is 0 Å². The lowest BCUT2D eigenvalue weighted by Gasteiger charge is -2.37. The van der Waals surface area contributed by atoms with E-state index in [1.54, 1.807) is 0 Å². The maximum Gasteiger partial charge on any atom is 0.277 e. The summed E-state index contributed by atoms with van der Waals surface area (Å²) in [6, 6.07) is 9.60. The van der Waals surface area contributed by atoms with Crippen molar-refractivity contribution < 1.29 is 17.6 Å². The molecule has 3 heterocycles. The Morgan fingerprint density at radius 1 is 1.14 bits per heavy atom. The first-order chi connectivity index (χ1) is 13.5. The third-order valence-electron chi connectivity index (χ3n) is 5.14. The zero-order valence-electron chi connectivity index (χ0n) is 15.4. The van der Waals surface area contributed by atoms with Crippen molar-refractivity contribution in [2.75, 3.05) is 43.4 Å². The summed E-state index contributed by atoms with van der Waals surface area (Å²) >= 11 is 1.24. The number of hydrogen-bond donors (Lipinski definition) is 0. The van der Waals surface area contributed by atoms with Crippen molar-refractivity contribution in [2.45, 2.75) is 17.7 Å². The summed E-state index contributed by atoms with van der Waals surface area (Å²) in [6.07, 6.45) is 0.701. The van der Waals surface area contributed by atoms with Crippen LogP contribution in [0.1, 0.15) is 6.42 Å². The Hall–Kier alpha value is -1.91. The molecule has 2 fully saturated rings. The van der Waals surface area contributed by atoms with Gasteiger partial charge in [-0.25, -0.2) is 8.42 Å². The van der Waals surface area contributed by atoms with E-state index in [1.807, 2.05) is 35.2 Å².